The molecule has 1 aliphatic heterocycles. The first-order valence-electron chi connectivity index (χ1n) is 8.51. The summed E-state index contributed by atoms with van der Waals surface area (Å²) in [6.07, 6.45) is 0. The summed E-state index contributed by atoms with van der Waals surface area (Å²) < 4.78 is 66.0. The van der Waals surface area contributed by atoms with Crippen molar-refractivity contribution in [2.24, 2.45) is 5.92 Å². The molecule has 1 heterocycles. The fourth-order valence-electron chi connectivity index (χ4n) is 3.13. The second-order valence-electron chi connectivity index (χ2n) is 6.92. The van der Waals surface area contributed by atoms with Crippen LogP contribution in [0.5, 0.6) is 0 Å². The van der Waals surface area contributed by atoms with Crippen LogP contribution in [0.3, 0.4) is 0 Å². The van der Waals surface area contributed by atoms with Crippen LogP contribution in [0.25, 0.3) is 0 Å². The molecule has 152 valence electrons. The van der Waals surface area contributed by atoms with Crippen molar-refractivity contribution in [1.82, 2.24) is 4.31 Å². The minimum atomic E-state index is -3.94. The molecule has 2 aromatic rings. The predicted molar refractivity (Wildman–Crippen MR) is 107 cm³/mol. The maximum atomic E-state index is 13.7. The van der Waals surface area contributed by atoms with Crippen molar-refractivity contribution in [2.75, 3.05) is 23.7 Å². The van der Waals surface area contributed by atoms with Gasteiger partial charge in [0.25, 0.3) is 0 Å². The first kappa shape index (κ1) is 21.0. The van der Waals surface area contributed by atoms with Crippen LogP contribution in [0, 0.1) is 11.7 Å². The molecule has 10 heteroatoms. The number of rotatable bonds is 5. The van der Waals surface area contributed by atoms with Crippen molar-refractivity contribution in [3.05, 3.63) is 58.9 Å². The Morgan fingerprint density at radius 1 is 1.25 bits per heavy atom. The Labute approximate surface area is 169 Å². The molecule has 1 aliphatic rings. The Morgan fingerprint density at radius 2 is 1.96 bits per heavy atom. The standard InChI is InChI=1S/C18H20ClFN2O4S2/c1-13-10-22(27(23,24)12-13)15-5-3-4-14(8-15)11-21(2)28(25,26)16-6-7-17(19)18(20)9-16/h3-9,13H,10-12H2,1-2H3. The summed E-state index contributed by atoms with van der Waals surface area (Å²) in [7, 11) is -5.93. The molecule has 28 heavy (non-hydrogen) atoms. The van der Waals surface area contributed by atoms with E-state index in [1.807, 2.05) is 6.92 Å². The number of hydrogen-bond acceptors (Lipinski definition) is 4. The molecular weight excluding hydrogens is 427 g/mol. The molecule has 0 aliphatic carbocycles. The lowest BCUT2D eigenvalue weighted by molar-refractivity contribution is 0.466. The van der Waals surface area contributed by atoms with Crippen LogP contribution < -0.4 is 4.31 Å². The highest BCUT2D eigenvalue weighted by atomic mass is 35.5. The summed E-state index contributed by atoms with van der Waals surface area (Å²) in [5.41, 5.74) is 1.12. The van der Waals surface area contributed by atoms with Crippen LogP contribution >= 0.6 is 11.6 Å². The Balaban J connectivity index is 1.85. The molecule has 1 fully saturated rings. The third-order valence-corrected chi connectivity index (χ3v) is 8.64. The van der Waals surface area contributed by atoms with E-state index in [-0.39, 0.29) is 28.1 Å². The van der Waals surface area contributed by atoms with Crippen LogP contribution in [-0.4, -0.2) is 40.5 Å². The molecule has 1 saturated heterocycles. The SMILES string of the molecule is CC1CN(c2cccc(CN(C)S(=O)(=O)c3ccc(Cl)c(F)c3)c2)S(=O)(=O)C1. The number of halogens is 2. The number of nitrogens with zero attached hydrogens (tertiary/aromatic N) is 2. The van der Waals surface area contributed by atoms with Gasteiger partial charge >= 0.3 is 0 Å². The van der Waals surface area contributed by atoms with Crippen molar-refractivity contribution >= 4 is 37.3 Å². The molecule has 0 radical (unpaired) electrons. The number of sulfonamides is 2. The van der Waals surface area contributed by atoms with Crippen LogP contribution in [0.1, 0.15) is 12.5 Å². The Hall–Kier alpha value is -1.68. The third-order valence-electron chi connectivity index (χ3n) is 4.51. The third kappa shape index (κ3) is 4.17. The first-order chi connectivity index (χ1) is 13.0. The van der Waals surface area contributed by atoms with Gasteiger partial charge in [0.1, 0.15) is 5.82 Å². The van der Waals surface area contributed by atoms with Gasteiger partial charge in [-0.15, -0.1) is 0 Å². The summed E-state index contributed by atoms with van der Waals surface area (Å²) in [5, 5.41) is -0.157. The second-order valence-corrected chi connectivity index (χ2v) is 11.3. The van der Waals surface area contributed by atoms with E-state index < -0.39 is 25.9 Å². The highest BCUT2D eigenvalue weighted by molar-refractivity contribution is 7.93. The lowest BCUT2D eigenvalue weighted by Crippen LogP contribution is -2.27. The van der Waals surface area contributed by atoms with E-state index in [9.17, 15) is 21.2 Å². The van der Waals surface area contributed by atoms with E-state index in [1.165, 1.54) is 23.5 Å². The van der Waals surface area contributed by atoms with Gasteiger partial charge in [-0.05, 0) is 41.8 Å². The monoisotopic (exact) mass is 446 g/mol. The van der Waals surface area contributed by atoms with Gasteiger partial charge in [-0.25, -0.2) is 21.2 Å². The van der Waals surface area contributed by atoms with Gasteiger partial charge in [0.15, 0.2) is 0 Å². The smallest absolute Gasteiger partial charge is 0.243 e. The topological polar surface area (TPSA) is 74.8 Å². The minimum absolute atomic E-state index is 0.00383. The van der Waals surface area contributed by atoms with Crippen molar-refractivity contribution in [1.29, 1.82) is 0 Å². The zero-order chi connectivity index (χ0) is 20.7. The summed E-state index contributed by atoms with van der Waals surface area (Å²) in [6, 6.07) is 10.0. The highest BCUT2D eigenvalue weighted by Gasteiger charge is 2.33. The van der Waals surface area contributed by atoms with Crippen LogP contribution in [0.2, 0.25) is 5.02 Å². The van der Waals surface area contributed by atoms with Gasteiger partial charge in [-0.2, -0.15) is 4.31 Å². The average Bonchev–Trinajstić information content (AvgIpc) is 2.89. The summed E-state index contributed by atoms with van der Waals surface area (Å²) in [4.78, 5) is -0.205. The molecular formula is C18H20ClFN2O4S2. The average molecular weight is 447 g/mol. The maximum absolute atomic E-state index is 13.7. The van der Waals surface area contributed by atoms with Gasteiger partial charge in [-0.1, -0.05) is 30.7 Å². The quantitative estimate of drug-likeness (QED) is 0.707. The number of hydrogen-bond donors (Lipinski definition) is 0. The molecule has 0 amide bonds. The number of anilines is 1. The van der Waals surface area contributed by atoms with Gasteiger partial charge < -0.3 is 0 Å². The molecule has 0 saturated carbocycles. The van der Waals surface area contributed by atoms with Crippen LogP contribution in [0.15, 0.2) is 47.4 Å². The molecule has 0 N–H and O–H groups in total. The van der Waals surface area contributed by atoms with Gasteiger partial charge in [0, 0.05) is 20.1 Å². The zero-order valence-electron chi connectivity index (χ0n) is 15.3. The lowest BCUT2D eigenvalue weighted by atomic mass is 10.2. The van der Waals surface area contributed by atoms with Gasteiger partial charge in [-0.3, -0.25) is 4.31 Å². The number of benzene rings is 2. The maximum Gasteiger partial charge on any atom is 0.243 e. The molecule has 1 unspecified atom stereocenters. The lowest BCUT2D eigenvalue weighted by Gasteiger charge is -2.20. The highest BCUT2D eigenvalue weighted by Crippen LogP contribution is 2.28. The zero-order valence-corrected chi connectivity index (χ0v) is 17.7. The molecule has 0 bridgehead atoms. The predicted octanol–water partition coefficient (Wildman–Crippen LogP) is 3.09. The van der Waals surface area contributed by atoms with E-state index in [1.54, 1.807) is 24.3 Å². The van der Waals surface area contributed by atoms with Crippen LogP contribution in [0.4, 0.5) is 10.1 Å². The van der Waals surface area contributed by atoms with Crippen molar-refractivity contribution in [3.63, 3.8) is 0 Å². The van der Waals surface area contributed by atoms with Crippen LogP contribution in [-0.2, 0) is 26.6 Å². The molecule has 3 rings (SSSR count). The van der Waals surface area contributed by atoms with Crippen molar-refractivity contribution < 1.29 is 21.2 Å². The summed E-state index contributed by atoms with van der Waals surface area (Å²) >= 11 is 5.62. The molecule has 1 atom stereocenters. The van der Waals surface area contributed by atoms with E-state index in [2.05, 4.69) is 0 Å². The van der Waals surface area contributed by atoms with Crippen molar-refractivity contribution in [3.8, 4) is 0 Å². The Kier molecular flexibility index (Phi) is 5.73. The first-order valence-corrected chi connectivity index (χ1v) is 11.9. The minimum Gasteiger partial charge on any atom is -0.270 e. The van der Waals surface area contributed by atoms with Gasteiger partial charge in [0.05, 0.1) is 21.4 Å². The summed E-state index contributed by atoms with van der Waals surface area (Å²) in [6.45, 7) is 2.26. The van der Waals surface area contributed by atoms with E-state index >= 15 is 0 Å². The van der Waals surface area contributed by atoms with E-state index in [0.717, 1.165) is 10.4 Å². The molecule has 6 nitrogen and oxygen atoms in total. The Morgan fingerprint density at radius 3 is 2.57 bits per heavy atom. The van der Waals surface area contributed by atoms with E-state index in [4.69, 9.17) is 11.6 Å². The largest absolute Gasteiger partial charge is 0.270 e. The van der Waals surface area contributed by atoms with Gasteiger partial charge in [0.2, 0.25) is 20.0 Å². The normalized spacial score (nSPS) is 19.3. The van der Waals surface area contributed by atoms with E-state index in [0.29, 0.717) is 17.8 Å². The fraction of sp³-hybridized carbons (Fsp3) is 0.333. The summed E-state index contributed by atoms with van der Waals surface area (Å²) in [5.74, 6) is -0.698. The molecule has 2 aromatic carbocycles. The molecule has 0 spiro atoms. The Bertz CT molecular complexity index is 1110. The second kappa shape index (κ2) is 7.62. The molecule has 0 aromatic heterocycles. The van der Waals surface area contributed by atoms with Crippen molar-refractivity contribution in [2.45, 2.75) is 18.4 Å². The fourth-order valence-corrected chi connectivity index (χ4v) is 6.34.